The smallest absolute Gasteiger partial charge is 0.324 e. The lowest BCUT2D eigenvalue weighted by molar-refractivity contribution is 0.262. The Morgan fingerprint density at radius 2 is 1.68 bits per heavy atom. The third-order valence-corrected chi connectivity index (χ3v) is 9.65. The van der Waals surface area contributed by atoms with Crippen molar-refractivity contribution in [2.75, 3.05) is 29.3 Å². The van der Waals surface area contributed by atoms with Crippen molar-refractivity contribution in [3.05, 3.63) is 109 Å². The van der Waals surface area contributed by atoms with Crippen LogP contribution in [0.1, 0.15) is 26.5 Å². The van der Waals surface area contributed by atoms with Crippen LogP contribution in [0, 0.1) is 0 Å². The minimum absolute atomic E-state index is 0.262. The molecule has 12 nitrogen and oxygen atoms in total. The van der Waals surface area contributed by atoms with E-state index < -0.39 is 13.2 Å². The van der Waals surface area contributed by atoms with Crippen LogP contribution in [0.3, 0.4) is 0 Å². The number of benzene rings is 4. The summed E-state index contributed by atoms with van der Waals surface area (Å²) < 4.78 is 20.5. The van der Waals surface area contributed by atoms with Gasteiger partial charge in [0.25, 0.3) is 0 Å². The Morgan fingerprint density at radius 1 is 0.900 bits per heavy atom. The van der Waals surface area contributed by atoms with Crippen molar-refractivity contribution in [1.82, 2.24) is 29.9 Å². The minimum atomic E-state index is -2.42. The van der Waals surface area contributed by atoms with Gasteiger partial charge in [0.15, 0.2) is 0 Å². The second-order valence-electron chi connectivity index (χ2n) is 13.3. The monoisotopic (exact) mass is 685 g/mol. The van der Waals surface area contributed by atoms with E-state index in [1.807, 2.05) is 72.8 Å². The molecule has 0 saturated carbocycles. The van der Waals surface area contributed by atoms with E-state index in [9.17, 15) is 9.36 Å². The summed E-state index contributed by atoms with van der Waals surface area (Å²) in [5.41, 5.74) is 3.63. The van der Waals surface area contributed by atoms with Crippen molar-refractivity contribution in [3.8, 4) is 17.3 Å². The van der Waals surface area contributed by atoms with Crippen molar-refractivity contribution < 1.29 is 14.1 Å². The molecule has 0 saturated heterocycles. The summed E-state index contributed by atoms with van der Waals surface area (Å²) in [7, 11) is -2.42. The van der Waals surface area contributed by atoms with Gasteiger partial charge in [0.2, 0.25) is 11.8 Å². The number of amides is 2. The highest BCUT2D eigenvalue weighted by atomic mass is 31.2. The van der Waals surface area contributed by atoms with Gasteiger partial charge in [-0.2, -0.15) is 15.2 Å². The van der Waals surface area contributed by atoms with Gasteiger partial charge >= 0.3 is 6.03 Å². The SMILES string of the molecule is CC(C)(C)c1cc(NC(=O)Nc2ccc(Oc3ccnc(Nc4ccc5[nH]ncc5c4)n3)c3ccccc23)n(-c2ccc(P(C)(C)=O)cc2)n1. The van der Waals surface area contributed by atoms with E-state index in [4.69, 9.17) is 9.84 Å². The lowest BCUT2D eigenvalue weighted by Gasteiger charge is -2.14. The Kier molecular flexibility index (Phi) is 8.33. The topological polar surface area (TPSA) is 152 Å². The standard InChI is InChI=1S/C37H36N9O3P/c1-37(2,3)32-21-33(46(45-32)25-11-13-26(14-12-25)50(4,5)48)42-36(47)41-30-16-17-31(28-9-7-6-8-27(28)30)49-34-18-19-38-35(43-34)40-24-10-15-29-23(20-24)22-39-44-29/h6-22H,1-5H3,(H,39,44)(H,38,40,43)(H2,41,42,47). The molecule has 0 aliphatic rings. The third-order valence-electron chi connectivity index (χ3n) is 8.11. The average Bonchev–Trinajstić information content (AvgIpc) is 3.73. The van der Waals surface area contributed by atoms with E-state index in [-0.39, 0.29) is 5.41 Å². The molecule has 0 bridgehead atoms. The normalized spacial score (nSPS) is 11.9. The van der Waals surface area contributed by atoms with Crippen LogP contribution < -0.4 is 26.0 Å². The van der Waals surface area contributed by atoms with Crippen LogP contribution in [0.4, 0.5) is 27.9 Å². The molecular weight excluding hydrogens is 649 g/mol. The summed E-state index contributed by atoms with van der Waals surface area (Å²) in [6, 6.07) is 27.6. The maximum absolute atomic E-state index is 13.5. The zero-order chi connectivity index (χ0) is 35.0. The number of carbonyl (C=O) groups is 1. The Bertz CT molecular complexity index is 2410. The van der Waals surface area contributed by atoms with Crippen LogP contribution in [0.5, 0.6) is 11.6 Å². The summed E-state index contributed by atoms with van der Waals surface area (Å²) in [4.78, 5) is 22.4. The number of H-pyrrole nitrogens is 1. The lowest BCUT2D eigenvalue weighted by Crippen LogP contribution is -2.21. The number of urea groups is 1. The number of hydrogen-bond acceptors (Lipinski definition) is 8. The molecule has 7 aromatic rings. The minimum Gasteiger partial charge on any atom is -0.438 e. The quantitative estimate of drug-likeness (QED) is 0.116. The Hall–Kier alpha value is -6.00. The second-order valence-corrected chi connectivity index (χ2v) is 16.5. The lowest BCUT2D eigenvalue weighted by atomic mass is 9.92. The van der Waals surface area contributed by atoms with E-state index in [0.717, 1.165) is 44.0 Å². The van der Waals surface area contributed by atoms with Crippen LogP contribution in [-0.2, 0) is 9.98 Å². The second kappa shape index (κ2) is 12.8. The summed E-state index contributed by atoms with van der Waals surface area (Å²) in [5.74, 6) is 1.80. The molecule has 252 valence electrons. The Labute approximate surface area is 288 Å². The molecule has 0 unspecified atom stereocenters. The number of nitrogens with one attached hydrogen (secondary N) is 4. The zero-order valence-electron chi connectivity index (χ0n) is 28.2. The molecule has 0 fully saturated rings. The number of ether oxygens (including phenoxy) is 1. The van der Waals surface area contributed by atoms with Gasteiger partial charge in [0.05, 0.1) is 28.8 Å². The first kappa shape index (κ1) is 32.5. The number of aromatic amines is 1. The predicted octanol–water partition coefficient (Wildman–Crippen LogP) is 8.42. The number of rotatable bonds is 8. The maximum atomic E-state index is 13.5. The zero-order valence-corrected chi connectivity index (χ0v) is 29.1. The molecule has 0 spiro atoms. The van der Waals surface area contributed by atoms with Crippen LogP contribution in [0.15, 0.2) is 103 Å². The fraction of sp³-hybridized carbons (Fsp3) is 0.162. The van der Waals surface area contributed by atoms with Crippen LogP contribution >= 0.6 is 7.14 Å². The van der Waals surface area contributed by atoms with Crippen LogP contribution in [0.25, 0.3) is 27.4 Å². The first-order valence-corrected chi connectivity index (χ1v) is 18.6. The van der Waals surface area contributed by atoms with Gasteiger partial charge in [-0.1, -0.05) is 45.0 Å². The number of fused-ring (bicyclic) bond motifs is 2. The number of nitrogens with zero attached hydrogens (tertiary/aromatic N) is 5. The van der Waals surface area contributed by atoms with Gasteiger partial charge in [-0.05, 0) is 67.9 Å². The Morgan fingerprint density at radius 3 is 2.44 bits per heavy atom. The largest absolute Gasteiger partial charge is 0.438 e. The molecule has 0 atom stereocenters. The van der Waals surface area contributed by atoms with Crippen molar-refractivity contribution >= 4 is 63.3 Å². The molecule has 50 heavy (non-hydrogen) atoms. The van der Waals surface area contributed by atoms with Crippen molar-refractivity contribution in [2.45, 2.75) is 26.2 Å². The summed E-state index contributed by atoms with van der Waals surface area (Å²) in [6.45, 7) is 9.67. The molecule has 4 aromatic carbocycles. The van der Waals surface area contributed by atoms with E-state index in [1.54, 1.807) is 48.6 Å². The molecule has 3 heterocycles. The fourth-order valence-electron chi connectivity index (χ4n) is 5.45. The van der Waals surface area contributed by atoms with E-state index in [0.29, 0.717) is 29.1 Å². The number of hydrogen-bond donors (Lipinski definition) is 4. The van der Waals surface area contributed by atoms with Gasteiger partial charge in [0, 0.05) is 50.9 Å². The molecule has 4 N–H and O–H groups in total. The fourth-order valence-corrected chi connectivity index (χ4v) is 6.31. The average molecular weight is 686 g/mol. The van der Waals surface area contributed by atoms with Crippen LogP contribution in [0.2, 0.25) is 0 Å². The Balaban J connectivity index is 1.11. The molecule has 3 aromatic heterocycles. The van der Waals surface area contributed by atoms with E-state index in [2.05, 4.69) is 56.9 Å². The molecular formula is C37H36N9O3P. The summed E-state index contributed by atoms with van der Waals surface area (Å²) in [5, 5.41) is 24.3. The van der Waals surface area contributed by atoms with Crippen molar-refractivity contribution in [3.63, 3.8) is 0 Å². The van der Waals surface area contributed by atoms with Gasteiger partial charge in [-0.15, -0.1) is 0 Å². The number of anilines is 4. The third kappa shape index (κ3) is 6.92. The molecule has 0 aliphatic carbocycles. The number of carbonyl (C=O) groups excluding carboxylic acids is 1. The van der Waals surface area contributed by atoms with Gasteiger partial charge < -0.3 is 19.9 Å². The highest BCUT2D eigenvalue weighted by Crippen LogP contribution is 2.36. The first-order chi connectivity index (χ1) is 23.9. The number of aromatic nitrogens is 6. The molecule has 2 amide bonds. The molecule has 0 aliphatic heterocycles. The van der Waals surface area contributed by atoms with Gasteiger partial charge in [-0.25, -0.2) is 14.5 Å². The highest BCUT2D eigenvalue weighted by Gasteiger charge is 2.22. The first-order valence-electron chi connectivity index (χ1n) is 16.0. The van der Waals surface area contributed by atoms with E-state index in [1.165, 1.54) is 0 Å². The van der Waals surface area contributed by atoms with Crippen molar-refractivity contribution in [1.29, 1.82) is 0 Å². The van der Waals surface area contributed by atoms with Crippen LogP contribution in [-0.4, -0.2) is 49.3 Å². The summed E-state index contributed by atoms with van der Waals surface area (Å²) in [6.07, 6.45) is 3.38. The van der Waals surface area contributed by atoms with E-state index >= 15 is 0 Å². The van der Waals surface area contributed by atoms with Crippen molar-refractivity contribution in [2.24, 2.45) is 0 Å². The summed E-state index contributed by atoms with van der Waals surface area (Å²) >= 11 is 0. The maximum Gasteiger partial charge on any atom is 0.324 e. The molecule has 13 heteroatoms. The predicted molar refractivity (Wildman–Crippen MR) is 199 cm³/mol. The van der Waals surface area contributed by atoms with Gasteiger partial charge in [-0.3, -0.25) is 10.4 Å². The highest BCUT2D eigenvalue weighted by molar-refractivity contribution is 7.70. The molecule has 7 rings (SSSR count). The molecule has 0 radical (unpaired) electrons. The van der Waals surface area contributed by atoms with Gasteiger partial charge in [0.1, 0.15) is 18.7 Å².